The molecule has 9 heteroatoms. The Bertz CT molecular complexity index is 1220. The van der Waals surface area contributed by atoms with Crippen LogP contribution in [-0.2, 0) is 20.9 Å². The van der Waals surface area contributed by atoms with Gasteiger partial charge in [0.1, 0.15) is 11.5 Å². The number of methoxy groups -OCH3 is 3. The number of aliphatic imine (C=N–C) groups is 1. The minimum absolute atomic E-state index is 0.120. The third-order valence-electron chi connectivity index (χ3n) is 5.81. The number of benzene rings is 2. The summed E-state index contributed by atoms with van der Waals surface area (Å²) in [4.78, 5) is 32.4. The molecule has 4 rings (SSSR count). The fourth-order valence-electron chi connectivity index (χ4n) is 4.11. The molecular formula is C26H27N3O5S. The van der Waals surface area contributed by atoms with Gasteiger partial charge in [0.05, 0.1) is 45.1 Å². The summed E-state index contributed by atoms with van der Waals surface area (Å²) in [5.41, 5.74) is 3.37. The van der Waals surface area contributed by atoms with Gasteiger partial charge in [-0.2, -0.15) is 0 Å². The summed E-state index contributed by atoms with van der Waals surface area (Å²) in [7, 11) is 4.49. The van der Waals surface area contributed by atoms with Gasteiger partial charge in [0, 0.05) is 17.8 Å². The second kappa shape index (κ2) is 10.7. The van der Waals surface area contributed by atoms with E-state index in [2.05, 4.69) is 10.3 Å². The smallest absolute Gasteiger partial charge is 0.338 e. The van der Waals surface area contributed by atoms with E-state index in [1.807, 2.05) is 46.7 Å². The van der Waals surface area contributed by atoms with Gasteiger partial charge in [0.25, 0.3) is 0 Å². The van der Waals surface area contributed by atoms with Crippen LogP contribution in [0.3, 0.4) is 0 Å². The summed E-state index contributed by atoms with van der Waals surface area (Å²) in [6.07, 6.45) is 0.120. The highest BCUT2D eigenvalue weighted by atomic mass is 32.2. The van der Waals surface area contributed by atoms with Gasteiger partial charge >= 0.3 is 5.97 Å². The number of carbonyl (C=O) groups is 2. The van der Waals surface area contributed by atoms with Gasteiger partial charge in [0.2, 0.25) is 5.91 Å². The number of fused-ring (bicyclic) bond motifs is 1. The molecule has 0 saturated carbocycles. The molecule has 2 aliphatic rings. The molecule has 0 aliphatic carbocycles. The predicted octanol–water partition coefficient (Wildman–Crippen LogP) is 4.16. The second-order valence-electron chi connectivity index (χ2n) is 7.93. The van der Waals surface area contributed by atoms with Crippen molar-refractivity contribution >= 4 is 28.8 Å². The fraction of sp³-hybridized carbons (Fsp3) is 0.269. The minimum atomic E-state index is -0.608. The molecule has 0 spiro atoms. The molecule has 0 fully saturated rings. The van der Waals surface area contributed by atoms with Crippen LogP contribution in [0.1, 0.15) is 30.5 Å². The number of ether oxygens (including phenoxy) is 3. The number of allylic oxidation sites excluding steroid dienone is 1. The maximum Gasteiger partial charge on any atom is 0.338 e. The highest BCUT2D eigenvalue weighted by molar-refractivity contribution is 8.16. The van der Waals surface area contributed by atoms with E-state index in [0.717, 1.165) is 11.3 Å². The first-order chi connectivity index (χ1) is 17.0. The molecule has 182 valence electrons. The lowest BCUT2D eigenvalue weighted by molar-refractivity contribution is -0.136. The maximum absolute atomic E-state index is 12.9. The lowest BCUT2D eigenvalue weighted by Gasteiger charge is -2.36. The standard InChI is InChI=1S/C26H27N3O5S/c1-16-23(25(31)34-4)24(20-13-19(32-2)10-11-21(20)33-3)29-18(15-35-26(29)28-16)12-22(30)27-14-17-8-6-5-7-9-17/h5-11,13,15,24H,12,14H2,1-4H3,(H,27,30)/t24-/m0/s1. The Labute approximate surface area is 208 Å². The van der Waals surface area contributed by atoms with Gasteiger partial charge in [-0.15, -0.1) is 0 Å². The Hall–Kier alpha value is -3.72. The molecule has 2 aromatic carbocycles. The number of nitrogens with one attached hydrogen (secondary N) is 1. The minimum Gasteiger partial charge on any atom is -0.497 e. The van der Waals surface area contributed by atoms with Crippen molar-refractivity contribution in [3.8, 4) is 11.5 Å². The highest BCUT2D eigenvalue weighted by Gasteiger charge is 2.42. The van der Waals surface area contributed by atoms with Crippen molar-refractivity contribution in [2.45, 2.75) is 25.9 Å². The molecule has 1 amide bonds. The molecule has 0 bridgehead atoms. The molecule has 8 nitrogen and oxygen atoms in total. The van der Waals surface area contributed by atoms with Crippen molar-refractivity contribution in [1.29, 1.82) is 0 Å². The molecule has 2 heterocycles. The van der Waals surface area contributed by atoms with E-state index in [1.54, 1.807) is 33.3 Å². The molecule has 2 aromatic rings. The summed E-state index contributed by atoms with van der Waals surface area (Å²) < 4.78 is 16.2. The molecule has 35 heavy (non-hydrogen) atoms. The van der Waals surface area contributed by atoms with Crippen LogP contribution in [0.2, 0.25) is 0 Å². The van der Waals surface area contributed by atoms with E-state index < -0.39 is 12.0 Å². The summed E-state index contributed by atoms with van der Waals surface area (Å²) in [5, 5.41) is 5.54. The first-order valence-electron chi connectivity index (χ1n) is 11.0. The number of amides is 1. The van der Waals surface area contributed by atoms with Gasteiger partial charge in [-0.3, -0.25) is 4.79 Å². The van der Waals surface area contributed by atoms with Crippen molar-refractivity contribution in [3.05, 3.63) is 82.0 Å². The number of carbonyl (C=O) groups excluding carboxylic acids is 2. The van der Waals surface area contributed by atoms with E-state index in [0.29, 0.717) is 40.0 Å². The number of hydrogen-bond donors (Lipinski definition) is 1. The Morgan fingerprint density at radius 3 is 2.54 bits per heavy atom. The molecule has 0 saturated heterocycles. The monoisotopic (exact) mass is 493 g/mol. The van der Waals surface area contributed by atoms with Gasteiger partial charge in [-0.25, -0.2) is 9.79 Å². The second-order valence-corrected chi connectivity index (χ2v) is 8.77. The van der Waals surface area contributed by atoms with E-state index in [9.17, 15) is 9.59 Å². The van der Waals surface area contributed by atoms with E-state index in [1.165, 1.54) is 18.9 Å². The van der Waals surface area contributed by atoms with Gasteiger partial charge in [-0.1, -0.05) is 42.1 Å². The van der Waals surface area contributed by atoms with Gasteiger partial charge < -0.3 is 24.4 Å². The lowest BCUT2D eigenvalue weighted by atomic mass is 9.93. The average molecular weight is 494 g/mol. The predicted molar refractivity (Wildman–Crippen MR) is 135 cm³/mol. The van der Waals surface area contributed by atoms with Crippen molar-refractivity contribution in [2.75, 3.05) is 21.3 Å². The number of hydrogen-bond acceptors (Lipinski definition) is 8. The third-order valence-corrected chi connectivity index (χ3v) is 6.70. The summed E-state index contributed by atoms with van der Waals surface area (Å²) in [6.45, 7) is 2.21. The zero-order valence-corrected chi connectivity index (χ0v) is 20.8. The zero-order chi connectivity index (χ0) is 24.9. The van der Waals surface area contributed by atoms with Crippen molar-refractivity contribution in [1.82, 2.24) is 10.2 Å². The zero-order valence-electron chi connectivity index (χ0n) is 20.0. The lowest BCUT2D eigenvalue weighted by Crippen LogP contribution is -2.38. The van der Waals surface area contributed by atoms with Gasteiger partial charge in [-0.05, 0) is 36.1 Å². The first-order valence-corrected chi connectivity index (χ1v) is 11.9. The topological polar surface area (TPSA) is 89.5 Å². The Morgan fingerprint density at radius 2 is 1.86 bits per heavy atom. The van der Waals surface area contributed by atoms with Crippen LogP contribution in [0.4, 0.5) is 0 Å². The molecular weight excluding hydrogens is 466 g/mol. The van der Waals surface area contributed by atoms with Crippen LogP contribution >= 0.6 is 11.8 Å². The van der Waals surface area contributed by atoms with Crippen LogP contribution in [0.5, 0.6) is 11.5 Å². The molecule has 0 radical (unpaired) electrons. The number of amidine groups is 1. The number of thioether (sulfide) groups is 1. The number of esters is 1. The van der Waals surface area contributed by atoms with Crippen LogP contribution in [0.25, 0.3) is 0 Å². The average Bonchev–Trinajstić information content (AvgIpc) is 3.28. The van der Waals surface area contributed by atoms with Crippen LogP contribution in [-0.4, -0.2) is 43.3 Å². The van der Waals surface area contributed by atoms with Crippen molar-refractivity contribution in [2.24, 2.45) is 4.99 Å². The summed E-state index contributed by atoms with van der Waals surface area (Å²) >= 11 is 1.41. The SMILES string of the molecule is COC(=O)C1=C(C)N=C2SC=C(CC(=O)NCc3ccccc3)N2[C@H]1c1cc(OC)ccc1OC. The van der Waals surface area contributed by atoms with Crippen LogP contribution in [0, 0.1) is 0 Å². The van der Waals surface area contributed by atoms with E-state index >= 15 is 0 Å². The van der Waals surface area contributed by atoms with Crippen molar-refractivity contribution in [3.63, 3.8) is 0 Å². The molecule has 1 atom stereocenters. The third kappa shape index (κ3) is 5.05. The molecule has 2 aliphatic heterocycles. The number of rotatable bonds is 8. The first kappa shape index (κ1) is 24.4. The van der Waals surface area contributed by atoms with Crippen LogP contribution < -0.4 is 14.8 Å². The molecule has 1 N–H and O–H groups in total. The van der Waals surface area contributed by atoms with Crippen LogP contribution in [0.15, 0.2) is 75.9 Å². The largest absolute Gasteiger partial charge is 0.497 e. The quantitative estimate of drug-likeness (QED) is 0.553. The van der Waals surface area contributed by atoms with Gasteiger partial charge in [0.15, 0.2) is 5.17 Å². The van der Waals surface area contributed by atoms with Crippen molar-refractivity contribution < 1.29 is 23.8 Å². The summed E-state index contributed by atoms with van der Waals surface area (Å²) in [6, 6.07) is 14.5. The number of nitrogens with zero attached hydrogens (tertiary/aromatic N) is 2. The van der Waals surface area contributed by atoms with E-state index in [-0.39, 0.29) is 12.3 Å². The fourth-order valence-corrected chi connectivity index (χ4v) is 5.08. The Morgan fingerprint density at radius 1 is 1.09 bits per heavy atom. The Kier molecular flexibility index (Phi) is 7.45. The molecule has 0 aromatic heterocycles. The normalized spacial score (nSPS) is 16.8. The maximum atomic E-state index is 12.9. The van der Waals surface area contributed by atoms with E-state index in [4.69, 9.17) is 14.2 Å². The molecule has 0 unspecified atom stereocenters. The highest BCUT2D eigenvalue weighted by Crippen LogP contribution is 2.47. The summed E-state index contributed by atoms with van der Waals surface area (Å²) in [5.74, 6) is 0.565. The Balaban J connectivity index is 1.68.